The normalized spacial score (nSPS) is 14.2. The van der Waals surface area contributed by atoms with Gasteiger partial charge in [-0.25, -0.2) is 4.39 Å². The van der Waals surface area contributed by atoms with Crippen LogP contribution >= 0.6 is 0 Å². The fraction of sp³-hybridized carbons (Fsp3) is 0.333. The molecule has 1 saturated carbocycles. The molecule has 0 heterocycles. The van der Waals surface area contributed by atoms with Crippen LogP contribution in [0.3, 0.4) is 0 Å². The molecule has 1 fully saturated rings. The summed E-state index contributed by atoms with van der Waals surface area (Å²) in [6.45, 7) is 4.79. The van der Waals surface area contributed by atoms with E-state index in [2.05, 4.69) is 17.4 Å². The van der Waals surface area contributed by atoms with Crippen LogP contribution in [0.2, 0.25) is 0 Å². The number of rotatable bonds is 5. The Morgan fingerprint density at radius 1 is 1.05 bits per heavy atom. The summed E-state index contributed by atoms with van der Waals surface area (Å²) >= 11 is 0. The highest BCUT2D eigenvalue weighted by Crippen LogP contribution is 2.29. The van der Waals surface area contributed by atoms with E-state index in [1.807, 2.05) is 19.9 Å². The van der Waals surface area contributed by atoms with Crippen molar-refractivity contribution in [2.24, 2.45) is 0 Å². The van der Waals surface area contributed by atoms with Gasteiger partial charge in [0.05, 0.1) is 0 Å². The van der Waals surface area contributed by atoms with Crippen LogP contribution < -0.4 is 10.1 Å². The lowest BCUT2D eigenvalue weighted by Gasteiger charge is -2.12. The lowest BCUT2D eigenvalue weighted by molar-refractivity contribution is 0.472. The Bertz CT molecular complexity index is 650. The van der Waals surface area contributed by atoms with Crippen LogP contribution in [-0.2, 0) is 6.54 Å². The van der Waals surface area contributed by atoms with Gasteiger partial charge in [-0.3, -0.25) is 0 Å². The van der Waals surface area contributed by atoms with Gasteiger partial charge in [0.1, 0.15) is 17.3 Å². The Hall–Kier alpha value is -1.87. The predicted octanol–water partition coefficient (Wildman–Crippen LogP) is 4.49. The largest absolute Gasteiger partial charge is 0.457 e. The van der Waals surface area contributed by atoms with Gasteiger partial charge >= 0.3 is 0 Å². The molecule has 2 aromatic carbocycles. The van der Waals surface area contributed by atoms with Crippen molar-refractivity contribution in [3.8, 4) is 11.5 Å². The SMILES string of the molecule is Cc1cc(F)ccc1Oc1ccc(CNC2CC2)cc1C. The first-order valence-electron chi connectivity index (χ1n) is 7.39. The molecule has 3 heteroatoms. The maximum absolute atomic E-state index is 13.1. The first kappa shape index (κ1) is 14.1. The van der Waals surface area contributed by atoms with Crippen molar-refractivity contribution >= 4 is 0 Å². The van der Waals surface area contributed by atoms with Gasteiger partial charge in [0.2, 0.25) is 0 Å². The van der Waals surface area contributed by atoms with Gasteiger partial charge in [-0.1, -0.05) is 12.1 Å². The van der Waals surface area contributed by atoms with E-state index in [1.165, 1.54) is 30.5 Å². The van der Waals surface area contributed by atoms with Crippen molar-refractivity contribution in [1.29, 1.82) is 0 Å². The molecule has 0 aliphatic heterocycles. The van der Waals surface area contributed by atoms with Crippen molar-refractivity contribution in [3.05, 3.63) is 58.9 Å². The second-order valence-electron chi connectivity index (χ2n) is 5.77. The molecule has 0 aromatic heterocycles. The third-order valence-electron chi connectivity index (χ3n) is 3.77. The highest BCUT2D eigenvalue weighted by molar-refractivity contribution is 5.42. The molecule has 21 heavy (non-hydrogen) atoms. The highest BCUT2D eigenvalue weighted by atomic mass is 19.1. The van der Waals surface area contributed by atoms with E-state index in [-0.39, 0.29) is 5.82 Å². The van der Waals surface area contributed by atoms with E-state index in [9.17, 15) is 4.39 Å². The zero-order valence-corrected chi connectivity index (χ0v) is 12.4. The van der Waals surface area contributed by atoms with Gasteiger partial charge < -0.3 is 10.1 Å². The van der Waals surface area contributed by atoms with Crippen LogP contribution in [0.4, 0.5) is 4.39 Å². The number of benzene rings is 2. The standard InChI is InChI=1S/C18H20FNO/c1-12-9-14(11-20-16-5-6-16)3-7-17(12)21-18-8-4-15(19)10-13(18)2/h3-4,7-10,16,20H,5-6,11H2,1-2H3. The Kier molecular flexibility index (Phi) is 3.93. The summed E-state index contributed by atoms with van der Waals surface area (Å²) in [4.78, 5) is 0. The average Bonchev–Trinajstić information content (AvgIpc) is 3.26. The van der Waals surface area contributed by atoms with E-state index in [1.54, 1.807) is 6.07 Å². The number of hydrogen-bond donors (Lipinski definition) is 1. The van der Waals surface area contributed by atoms with Crippen LogP contribution in [0.1, 0.15) is 29.5 Å². The second kappa shape index (κ2) is 5.86. The number of halogens is 1. The fourth-order valence-corrected chi connectivity index (χ4v) is 2.33. The van der Waals surface area contributed by atoms with E-state index >= 15 is 0 Å². The Balaban J connectivity index is 1.72. The Morgan fingerprint density at radius 3 is 2.33 bits per heavy atom. The van der Waals surface area contributed by atoms with Gasteiger partial charge in [0, 0.05) is 12.6 Å². The monoisotopic (exact) mass is 285 g/mol. The van der Waals surface area contributed by atoms with Crippen molar-refractivity contribution < 1.29 is 9.13 Å². The molecule has 0 atom stereocenters. The van der Waals surface area contributed by atoms with Crippen LogP contribution in [-0.4, -0.2) is 6.04 Å². The van der Waals surface area contributed by atoms with Crippen molar-refractivity contribution in [1.82, 2.24) is 5.32 Å². The minimum Gasteiger partial charge on any atom is -0.457 e. The van der Waals surface area contributed by atoms with Crippen LogP contribution in [0.15, 0.2) is 36.4 Å². The summed E-state index contributed by atoms with van der Waals surface area (Å²) in [6, 6.07) is 11.5. The van der Waals surface area contributed by atoms with Crippen LogP contribution in [0.5, 0.6) is 11.5 Å². The first-order chi connectivity index (χ1) is 10.1. The Labute approximate surface area is 125 Å². The topological polar surface area (TPSA) is 21.3 Å². The molecule has 110 valence electrons. The smallest absolute Gasteiger partial charge is 0.130 e. The molecule has 0 spiro atoms. The molecular weight excluding hydrogens is 265 g/mol. The van der Waals surface area contributed by atoms with Crippen molar-refractivity contribution in [2.75, 3.05) is 0 Å². The maximum Gasteiger partial charge on any atom is 0.130 e. The molecule has 3 rings (SSSR count). The first-order valence-corrected chi connectivity index (χ1v) is 7.39. The van der Waals surface area contributed by atoms with Gasteiger partial charge in [0.25, 0.3) is 0 Å². The van der Waals surface area contributed by atoms with Gasteiger partial charge in [-0.05, 0) is 67.6 Å². The summed E-state index contributed by atoms with van der Waals surface area (Å²) in [7, 11) is 0. The molecule has 1 aliphatic rings. The fourth-order valence-electron chi connectivity index (χ4n) is 2.33. The minimum absolute atomic E-state index is 0.238. The quantitative estimate of drug-likeness (QED) is 0.874. The molecule has 1 aliphatic carbocycles. The molecule has 2 aromatic rings. The zero-order chi connectivity index (χ0) is 14.8. The number of aryl methyl sites for hydroxylation is 2. The summed E-state index contributed by atoms with van der Waals surface area (Å²) in [5.74, 6) is 1.28. The molecule has 0 saturated heterocycles. The zero-order valence-electron chi connectivity index (χ0n) is 12.4. The third kappa shape index (κ3) is 3.61. The number of ether oxygens (including phenoxy) is 1. The molecule has 0 unspecified atom stereocenters. The van der Waals surface area contributed by atoms with Crippen molar-refractivity contribution in [2.45, 2.75) is 39.3 Å². The molecule has 1 N–H and O–H groups in total. The van der Waals surface area contributed by atoms with E-state index in [4.69, 9.17) is 4.74 Å². The summed E-state index contributed by atoms with van der Waals surface area (Å²) < 4.78 is 19.0. The van der Waals surface area contributed by atoms with Crippen LogP contribution in [0, 0.1) is 19.7 Å². The molecule has 0 amide bonds. The summed E-state index contributed by atoms with van der Waals surface area (Å²) in [6.07, 6.45) is 2.59. The molecule has 0 bridgehead atoms. The van der Waals surface area contributed by atoms with E-state index in [0.29, 0.717) is 11.8 Å². The van der Waals surface area contributed by atoms with Gasteiger partial charge in [-0.15, -0.1) is 0 Å². The lowest BCUT2D eigenvalue weighted by atomic mass is 10.1. The average molecular weight is 285 g/mol. The molecule has 0 radical (unpaired) electrons. The van der Waals surface area contributed by atoms with E-state index < -0.39 is 0 Å². The minimum atomic E-state index is -0.238. The summed E-state index contributed by atoms with van der Waals surface area (Å²) in [5, 5.41) is 3.50. The molecular formula is C18H20FNO. The predicted molar refractivity (Wildman–Crippen MR) is 82.3 cm³/mol. The summed E-state index contributed by atoms with van der Waals surface area (Å²) in [5.41, 5.74) is 3.16. The van der Waals surface area contributed by atoms with Crippen LogP contribution in [0.25, 0.3) is 0 Å². The Morgan fingerprint density at radius 2 is 1.71 bits per heavy atom. The number of nitrogens with one attached hydrogen (secondary N) is 1. The number of hydrogen-bond acceptors (Lipinski definition) is 2. The second-order valence-corrected chi connectivity index (χ2v) is 5.77. The van der Waals surface area contributed by atoms with Gasteiger partial charge in [-0.2, -0.15) is 0 Å². The lowest BCUT2D eigenvalue weighted by Crippen LogP contribution is -2.15. The third-order valence-corrected chi connectivity index (χ3v) is 3.77. The van der Waals surface area contributed by atoms with E-state index in [0.717, 1.165) is 23.4 Å². The van der Waals surface area contributed by atoms with Gasteiger partial charge in [0.15, 0.2) is 0 Å². The molecule has 2 nitrogen and oxygen atoms in total. The highest BCUT2D eigenvalue weighted by Gasteiger charge is 2.20. The van der Waals surface area contributed by atoms with Crippen molar-refractivity contribution in [3.63, 3.8) is 0 Å². The maximum atomic E-state index is 13.1.